The van der Waals surface area contributed by atoms with Crippen molar-refractivity contribution in [1.82, 2.24) is 3.12 Å². The quantitative estimate of drug-likeness (QED) is 0.643. The Morgan fingerprint density at radius 2 is 0.812 bits per heavy atom. The molecule has 0 aliphatic carbocycles. The molecule has 0 saturated carbocycles. The van der Waals surface area contributed by atoms with Crippen molar-refractivity contribution in [3.05, 3.63) is 0 Å². The van der Waals surface area contributed by atoms with Crippen molar-refractivity contribution in [3.63, 3.8) is 0 Å². The molecule has 0 rings (SSSR count). The van der Waals surface area contributed by atoms with E-state index in [0.29, 0.717) is 0 Å². The maximum absolute atomic E-state index is 11.5. The maximum atomic E-state index is 11.5. The lowest BCUT2D eigenvalue weighted by Gasteiger charge is -2.19. The minimum atomic E-state index is -4.34. The molecule has 0 heterocycles. The zero-order valence-corrected chi connectivity index (χ0v) is 11.7. The van der Waals surface area contributed by atoms with Gasteiger partial charge >= 0.3 is 0 Å². The van der Waals surface area contributed by atoms with Gasteiger partial charge in [-0.05, 0) is 20.8 Å². The third-order valence-corrected chi connectivity index (χ3v) is 9.42. The fraction of sp³-hybridized carbons (Fsp3) is 1.00. The summed E-state index contributed by atoms with van der Waals surface area (Å²) in [5.41, 5.74) is 0. The zero-order valence-electron chi connectivity index (χ0n) is 9.24. The maximum Gasteiger partial charge on any atom is 0.240 e. The van der Waals surface area contributed by atoms with Crippen molar-refractivity contribution in [2.45, 2.75) is 20.8 Å². The second kappa shape index (κ2) is 4.98. The molecule has 0 fully saturated rings. The molecular formula is C6H15NO6S3. The summed E-state index contributed by atoms with van der Waals surface area (Å²) in [7, 11) is -13.0. The van der Waals surface area contributed by atoms with Crippen LogP contribution >= 0.6 is 0 Å². The van der Waals surface area contributed by atoms with Crippen LogP contribution in [0.5, 0.6) is 0 Å². The second-order valence-electron chi connectivity index (χ2n) is 2.84. The normalized spacial score (nSPS) is 14.2. The molecule has 0 N–H and O–H groups in total. The first-order chi connectivity index (χ1) is 7.05. The number of rotatable bonds is 6. The predicted molar refractivity (Wildman–Crippen MR) is 60.2 cm³/mol. The van der Waals surface area contributed by atoms with E-state index in [1.165, 1.54) is 20.8 Å². The summed E-state index contributed by atoms with van der Waals surface area (Å²) in [4.78, 5) is 0. The van der Waals surface area contributed by atoms with Crippen LogP contribution < -0.4 is 0 Å². The first-order valence-electron chi connectivity index (χ1n) is 4.54. The average molecular weight is 293 g/mol. The lowest BCUT2D eigenvalue weighted by Crippen LogP contribution is -2.43. The van der Waals surface area contributed by atoms with Crippen LogP contribution in [0.3, 0.4) is 0 Å². The van der Waals surface area contributed by atoms with Gasteiger partial charge in [0.1, 0.15) is 0 Å². The minimum absolute atomic E-state index is 0.354. The molecule has 0 aromatic heterocycles. The third kappa shape index (κ3) is 3.15. The highest BCUT2D eigenvalue weighted by Gasteiger charge is 2.41. The van der Waals surface area contributed by atoms with Gasteiger partial charge in [-0.1, -0.05) is 0 Å². The summed E-state index contributed by atoms with van der Waals surface area (Å²) in [6.45, 7) is 3.54. The summed E-state index contributed by atoms with van der Waals surface area (Å²) in [6, 6.07) is 0. The molecule has 0 amide bonds. The van der Waals surface area contributed by atoms with Gasteiger partial charge in [0.15, 0.2) is 0 Å². The number of sulfonamides is 3. The van der Waals surface area contributed by atoms with Gasteiger partial charge in [-0.2, -0.15) is 0 Å². The highest BCUT2D eigenvalue weighted by Crippen LogP contribution is 2.16. The molecule has 0 atom stereocenters. The van der Waals surface area contributed by atoms with Crippen LogP contribution in [0.25, 0.3) is 0 Å². The first kappa shape index (κ1) is 15.8. The van der Waals surface area contributed by atoms with E-state index in [4.69, 9.17) is 0 Å². The van der Waals surface area contributed by atoms with Gasteiger partial charge in [0.05, 0.1) is 17.3 Å². The Labute approximate surface area is 96.6 Å². The lowest BCUT2D eigenvalue weighted by atomic mass is 11.0. The highest BCUT2D eigenvalue weighted by molar-refractivity contribution is 8.17. The van der Waals surface area contributed by atoms with Crippen molar-refractivity contribution >= 4 is 30.1 Å². The van der Waals surface area contributed by atoms with Crippen molar-refractivity contribution < 1.29 is 25.3 Å². The lowest BCUT2D eigenvalue weighted by molar-refractivity contribution is 0.531. The van der Waals surface area contributed by atoms with E-state index in [1.807, 2.05) is 0 Å². The third-order valence-electron chi connectivity index (χ3n) is 1.78. The molecule has 7 nitrogen and oxygen atoms in total. The van der Waals surface area contributed by atoms with Crippen LogP contribution in [0, 0.1) is 0 Å². The van der Waals surface area contributed by atoms with E-state index < -0.39 is 47.3 Å². The van der Waals surface area contributed by atoms with Gasteiger partial charge in [-0.3, -0.25) is 0 Å². The molecule has 0 unspecified atom stereocenters. The van der Waals surface area contributed by atoms with Crippen LogP contribution in [-0.4, -0.2) is 45.6 Å². The van der Waals surface area contributed by atoms with Gasteiger partial charge in [0.25, 0.3) is 0 Å². The van der Waals surface area contributed by atoms with Crippen LogP contribution in [0.4, 0.5) is 0 Å². The topological polar surface area (TPSA) is 106 Å². The SMILES string of the molecule is CCS(=O)(=O)N(S(=O)(=O)CC)S(=O)(=O)CC. The van der Waals surface area contributed by atoms with Gasteiger partial charge in [-0.15, -0.1) is 0 Å². The largest absolute Gasteiger partial charge is 0.240 e. The molecule has 0 aromatic rings. The van der Waals surface area contributed by atoms with Gasteiger partial charge < -0.3 is 0 Å². The van der Waals surface area contributed by atoms with E-state index in [0.717, 1.165) is 0 Å². The van der Waals surface area contributed by atoms with Crippen molar-refractivity contribution in [3.8, 4) is 0 Å². The molecule has 0 saturated heterocycles. The molecule has 0 aromatic carbocycles. The van der Waals surface area contributed by atoms with Crippen LogP contribution in [-0.2, 0) is 30.1 Å². The monoisotopic (exact) mass is 293 g/mol. The van der Waals surface area contributed by atoms with Crippen LogP contribution in [0.1, 0.15) is 20.8 Å². The molecule has 0 radical (unpaired) electrons. The van der Waals surface area contributed by atoms with Crippen molar-refractivity contribution in [2.24, 2.45) is 0 Å². The Kier molecular flexibility index (Phi) is 4.92. The summed E-state index contributed by atoms with van der Waals surface area (Å²) in [5.74, 6) is -1.78. The Bertz CT molecular complexity index is 448. The molecule has 16 heavy (non-hydrogen) atoms. The predicted octanol–water partition coefficient (Wildman–Crippen LogP) is -0.662. The molecule has 0 bridgehead atoms. The van der Waals surface area contributed by atoms with Gasteiger partial charge in [0.2, 0.25) is 30.1 Å². The summed E-state index contributed by atoms with van der Waals surface area (Å²) in [5, 5.41) is 0. The van der Waals surface area contributed by atoms with E-state index in [-0.39, 0.29) is 3.12 Å². The van der Waals surface area contributed by atoms with Crippen molar-refractivity contribution in [2.75, 3.05) is 17.3 Å². The van der Waals surface area contributed by atoms with Gasteiger partial charge in [-0.25, -0.2) is 25.3 Å². The number of hydrogen-bond acceptors (Lipinski definition) is 6. The Morgan fingerprint density at radius 1 is 0.625 bits per heavy atom. The van der Waals surface area contributed by atoms with Gasteiger partial charge in [0, 0.05) is 3.12 Å². The zero-order chi connectivity index (χ0) is 13.2. The Balaban J connectivity index is 6.03. The molecule has 98 valence electrons. The summed E-state index contributed by atoms with van der Waals surface area (Å²) >= 11 is 0. The van der Waals surface area contributed by atoms with E-state index >= 15 is 0 Å². The average Bonchev–Trinajstić information content (AvgIpc) is 2.16. The summed E-state index contributed by atoms with van der Waals surface area (Å²) in [6.07, 6.45) is 0. The van der Waals surface area contributed by atoms with E-state index in [9.17, 15) is 25.3 Å². The molecular weight excluding hydrogens is 278 g/mol. The highest BCUT2D eigenvalue weighted by atomic mass is 32.3. The smallest absolute Gasteiger partial charge is 0.210 e. The Hall–Kier alpha value is -0.190. The molecule has 0 aliphatic heterocycles. The Morgan fingerprint density at radius 3 is 0.938 bits per heavy atom. The first-order valence-corrected chi connectivity index (χ1v) is 9.36. The summed E-state index contributed by atoms with van der Waals surface area (Å²) < 4.78 is 68.5. The molecule has 10 heteroatoms. The van der Waals surface area contributed by atoms with Crippen molar-refractivity contribution in [1.29, 1.82) is 0 Å². The number of hydrogen-bond donors (Lipinski definition) is 0. The second-order valence-corrected chi connectivity index (χ2v) is 9.85. The molecule has 0 aliphatic rings. The van der Waals surface area contributed by atoms with Crippen LogP contribution in [0.2, 0.25) is 0 Å². The fourth-order valence-electron chi connectivity index (χ4n) is 0.835. The molecule has 0 spiro atoms. The fourth-order valence-corrected chi connectivity index (χ4v) is 7.52. The van der Waals surface area contributed by atoms with E-state index in [2.05, 4.69) is 0 Å². The van der Waals surface area contributed by atoms with E-state index in [1.54, 1.807) is 0 Å². The minimum Gasteiger partial charge on any atom is -0.210 e. The number of nitrogens with zero attached hydrogens (tertiary/aromatic N) is 1. The van der Waals surface area contributed by atoms with Crippen LogP contribution in [0.15, 0.2) is 0 Å². The standard InChI is InChI=1S/C6H15NO6S3/c1-4-14(8,9)7(15(10,11)5-2)16(12,13)6-3/h4-6H2,1-3H3.